The molecule has 1 heterocycles. The molecule has 3 heteroatoms. The van der Waals surface area contributed by atoms with E-state index in [1.54, 1.807) is 0 Å². The highest BCUT2D eigenvalue weighted by molar-refractivity contribution is 5.96. The van der Waals surface area contributed by atoms with Crippen molar-refractivity contribution in [3.8, 4) is 0 Å². The number of aryl methyl sites for hydroxylation is 1. The summed E-state index contributed by atoms with van der Waals surface area (Å²) in [6, 6.07) is 8.29. The Morgan fingerprint density at radius 1 is 1.37 bits per heavy atom. The Labute approximate surface area is 116 Å². The van der Waals surface area contributed by atoms with E-state index in [9.17, 15) is 4.79 Å². The molecule has 19 heavy (non-hydrogen) atoms. The van der Waals surface area contributed by atoms with Gasteiger partial charge in [0.2, 0.25) is 5.91 Å². The Balaban J connectivity index is 2.24. The van der Waals surface area contributed by atoms with Gasteiger partial charge in [0.15, 0.2) is 0 Å². The van der Waals surface area contributed by atoms with Gasteiger partial charge in [-0.1, -0.05) is 32.0 Å². The molecule has 3 nitrogen and oxygen atoms in total. The van der Waals surface area contributed by atoms with E-state index >= 15 is 0 Å². The Bertz CT molecular complexity index is 442. The molecule has 1 aliphatic heterocycles. The quantitative estimate of drug-likeness (QED) is 0.902. The summed E-state index contributed by atoms with van der Waals surface area (Å²) in [5.74, 6) is 0.668. The van der Waals surface area contributed by atoms with Crippen LogP contribution in [0.2, 0.25) is 0 Å². The second kappa shape index (κ2) is 6.20. The fraction of sp³-hybridized carbons (Fsp3) is 0.562. The minimum Gasteiger partial charge on any atom is -0.319 e. The van der Waals surface area contributed by atoms with E-state index < -0.39 is 0 Å². The summed E-state index contributed by atoms with van der Waals surface area (Å²) in [5.41, 5.74) is 2.41. The average molecular weight is 260 g/mol. The highest BCUT2D eigenvalue weighted by Gasteiger charge is 2.29. The van der Waals surface area contributed by atoms with E-state index in [0.717, 1.165) is 31.6 Å². The van der Waals surface area contributed by atoms with Crippen LogP contribution >= 0.6 is 0 Å². The van der Waals surface area contributed by atoms with Gasteiger partial charge < -0.3 is 10.2 Å². The van der Waals surface area contributed by atoms with E-state index in [1.807, 2.05) is 18.0 Å². The Morgan fingerprint density at radius 3 is 2.79 bits per heavy atom. The van der Waals surface area contributed by atoms with Crippen molar-refractivity contribution in [1.82, 2.24) is 5.32 Å². The summed E-state index contributed by atoms with van der Waals surface area (Å²) in [7, 11) is 1.91. The number of nitrogens with one attached hydrogen (secondary N) is 1. The lowest BCUT2D eigenvalue weighted by Gasteiger charge is -2.33. The van der Waals surface area contributed by atoms with Crippen molar-refractivity contribution >= 4 is 11.6 Å². The number of hydrogen-bond donors (Lipinski definition) is 1. The van der Waals surface area contributed by atoms with Gasteiger partial charge in [0.05, 0.1) is 5.92 Å². The van der Waals surface area contributed by atoms with Crippen molar-refractivity contribution < 1.29 is 4.79 Å². The van der Waals surface area contributed by atoms with Gasteiger partial charge in [0.25, 0.3) is 0 Å². The maximum Gasteiger partial charge on any atom is 0.231 e. The number of para-hydroxylation sites is 1. The number of benzene rings is 1. The number of hydrogen-bond acceptors (Lipinski definition) is 2. The van der Waals surface area contributed by atoms with Crippen molar-refractivity contribution in [3.63, 3.8) is 0 Å². The van der Waals surface area contributed by atoms with Gasteiger partial charge in [0.1, 0.15) is 0 Å². The molecule has 1 atom stereocenters. The number of fused-ring (bicyclic) bond motifs is 1. The molecule has 1 amide bonds. The molecule has 2 rings (SSSR count). The van der Waals surface area contributed by atoms with Gasteiger partial charge >= 0.3 is 0 Å². The van der Waals surface area contributed by atoms with Gasteiger partial charge in [-0.05, 0) is 37.4 Å². The second-order valence-electron chi connectivity index (χ2n) is 5.63. The van der Waals surface area contributed by atoms with Crippen LogP contribution in [0.4, 0.5) is 5.69 Å². The van der Waals surface area contributed by atoms with E-state index in [4.69, 9.17) is 0 Å². The molecule has 0 aliphatic carbocycles. The third-order valence-electron chi connectivity index (χ3n) is 3.92. The third kappa shape index (κ3) is 2.98. The van der Waals surface area contributed by atoms with Crippen molar-refractivity contribution in [2.75, 3.05) is 25.0 Å². The molecule has 1 N–H and O–H groups in total. The van der Waals surface area contributed by atoms with Crippen molar-refractivity contribution in [2.24, 2.45) is 11.8 Å². The van der Waals surface area contributed by atoms with E-state index in [2.05, 4.69) is 37.4 Å². The molecule has 0 spiro atoms. The fourth-order valence-electron chi connectivity index (χ4n) is 2.79. The molecule has 0 fully saturated rings. The SMILES string of the molecule is CNCC(C(=O)N1CCCc2ccccc21)C(C)C. The summed E-state index contributed by atoms with van der Waals surface area (Å²) in [6.07, 6.45) is 2.14. The summed E-state index contributed by atoms with van der Waals surface area (Å²) < 4.78 is 0. The Kier molecular flexibility index (Phi) is 4.59. The maximum absolute atomic E-state index is 12.8. The molecule has 0 saturated heterocycles. The average Bonchev–Trinajstić information content (AvgIpc) is 2.43. The zero-order valence-electron chi connectivity index (χ0n) is 12.1. The van der Waals surface area contributed by atoms with Crippen LogP contribution in [0, 0.1) is 11.8 Å². The van der Waals surface area contributed by atoms with E-state index in [-0.39, 0.29) is 11.8 Å². The van der Waals surface area contributed by atoms with Crippen LogP contribution < -0.4 is 10.2 Å². The maximum atomic E-state index is 12.8. The van der Waals surface area contributed by atoms with E-state index in [1.165, 1.54) is 5.56 Å². The van der Waals surface area contributed by atoms with Gasteiger partial charge in [-0.2, -0.15) is 0 Å². The number of anilines is 1. The predicted molar refractivity (Wildman–Crippen MR) is 79.4 cm³/mol. The first kappa shape index (κ1) is 14.1. The van der Waals surface area contributed by atoms with Crippen molar-refractivity contribution in [1.29, 1.82) is 0 Å². The smallest absolute Gasteiger partial charge is 0.231 e. The molecule has 0 saturated carbocycles. The van der Waals surface area contributed by atoms with Crippen molar-refractivity contribution in [3.05, 3.63) is 29.8 Å². The second-order valence-corrected chi connectivity index (χ2v) is 5.63. The summed E-state index contributed by atoms with van der Waals surface area (Å²) >= 11 is 0. The summed E-state index contributed by atoms with van der Waals surface area (Å²) in [4.78, 5) is 14.8. The first-order chi connectivity index (χ1) is 9.15. The third-order valence-corrected chi connectivity index (χ3v) is 3.92. The number of nitrogens with zero attached hydrogens (tertiary/aromatic N) is 1. The molecular formula is C16H24N2O. The van der Waals surface area contributed by atoms with Crippen LogP contribution in [0.15, 0.2) is 24.3 Å². The summed E-state index contributed by atoms with van der Waals surface area (Å²) in [6.45, 7) is 5.84. The number of rotatable bonds is 4. The molecular weight excluding hydrogens is 236 g/mol. The van der Waals surface area contributed by atoms with Gasteiger partial charge in [-0.3, -0.25) is 4.79 Å². The lowest BCUT2D eigenvalue weighted by molar-refractivity contribution is -0.123. The largest absolute Gasteiger partial charge is 0.319 e. The fourth-order valence-corrected chi connectivity index (χ4v) is 2.79. The highest BCUT2D eigenvalue weighted by Crippen LogP contribution is 2.29. The minimum atomic E-state index is 0.0520. The van der Waals surface area contributed by atoms with Crippen LogP contribution in [0.3, 0.4) is 0 Å². The summed E-state index contributed by atoms with van der Waals surface area (Å²) in [5, 5.41) is 3.15. The Hall–Kier alpha value is -1.35. The van der Waals surface area contributed by atoms with Crippen LogP contribution in [-0.4, -0.2) is 26.0 Å². The molecule has 1 aromatic carbocycles. The van der Waals surface area contributed by atoms with Crippen LogP contribution in [0.1, 0.15) is 25.8 Å². The van der Waals surface area contributed by atoms with Crippen LogP contribution in [0.5, 0.6) is 0 Å². The lowest BCUT2D eigenvalue weighted by Crippen LogP contribution is -2.44. The van der Waals surface area contributed by atoms with E-state index in [0.29, 0.717) is 5.92 Å². The Morgan fingerprint density at radius 2 is 2.11 bits per heavy atom. The van der Waals surface area contributed by atoms with Gasteiger partial charge in [0, 0.05) is 18.8 Å². The van der Waals surface area contributed by atoms with Gasteiger partial charge in [-0.15, -0.1) is 0 Å². The molecule has 1 aromatic rings. The number of amides is 1. The predicted octanol–water partition coefficient (Wildman–Crippen LogP) is 2.46. The zero-order valence-corrected chi connectivity index (χ0v) is 12.1. The van der Waals surface area contributed by atoms with Crippen molar-refractivity contribution in [2.45, 2.75) is 26.7 Å². The minimum absolute atomic E-state index is 0.0520. The topological polar surface area (TPSA) is 32.3 Å². The normalized spacial score (nSPS) is 16.3. The van der Waals surface area contributed by atoms with Gasteiger partial charge in [-0.25, -0.2) is 0 Å². The number of carbonyl (C=O) groups excluding carboxylic acids is 1. The molecule has 0 aromatic heterocycles. The molecule has 0 radical (unpaired) electrons. The molecule has 1 unspecified atom stereocenters. The number of carbonyl (C=O) groups is 1. The first-order valence-electron chi connectivity index (χ1n) is 7.19. The molecule has 0 bridgehead atoms. The zero-order chi connectivity index (χ0) is 13.8. The highest BCUT2D eigenvalue weighted by atomic mass is 16.2. The van der Waals surface area contributed by atoms with Crippen LogP contribution in [0.25, 0.3) is 0 Å². The monoisotopic (exact) mass is 260 g/mol. The molecule has 1 aliphatic rings. The first-order valence-corrected chi connectivity index (χ1v) is 7.19. The van der Waals surface area contributed by atoms with Crippen LogP contribution in [-0.2, 0) is 11.2 Å². The standard InChI is InChI=1S/C16H24N2O/c1-12(2)14(11-17-3)16(19)18-10-6-8-13-7-4-5-9-15(13)18/h4-5,7,9,12,14,17H,6,8,10-11H2,1-3H3. The molecule has 104 valence electrons. The lowest BCUT2D eigenvalue weighted by atomic mass is 9.92.